The van der Waals surface area contributed by atoms with E-state index in [1.54, 1.807) is 11.1 Å². The van der Waals surface area contributed by atoms with Gasteiger partial charge in [-0.15, -0.1) is 0 Å². The summed E-state index contributed by atoms with van der Waals surface area (Å²) < 4.78 is 24.3. The summed E-state index contributed by atoms with van der Waals surface area (Å²) in [5.74, 6) is 7.90. The van der Waals surface area contributed by atoms with Crippen LogP contribution in [-0.2, 0) is 20.3 Å². The average Bonchev–Trinajstić information content (AvgIpc) is 3.77. The predicted molar refractivity (Wildman–Crippen MR) is 132 cm³/mol. The molecule has 4 nitrogen and oxygen atoms in total. The molecule has 2 saturated heterocycles. The topological polar surface area (TPSA) is 43.5 Å². The van der Waals surface area contributed by atoms with E-state index < -0.39 is 0 Å². The van der Waals surface area contributed by atoms with Gasteiger partial charge in [0.2, 0.25) is 0 Å². The Balaban J connectivity index is 1.17. The fourth-order valence-electron chi connectivity index (χ4n) is 10.7. The van der Waals surface area contributed by atoms with Gasteiger partial charge in [-0.1, -0.05) is 6.42 Å². The van der Waals surface area contributed by atoms with Crippen molar-refractivity contribution in [3.63, 3.8) is 0 Å². The zero-order valence-corrected chi connectivity index (χ0v) is 21.0. The van der Waals surface area contributed by atoms with Gasteiger partial charge in [-0.05, 0) is 117 Å². The van der Waals surface area contributed by atoms with Crippen molar-refractivity contribution in [3.8, 4) is 11.5 Å². The van der Waals surface area contributed by atoms with Crippen LogP contribution in [0, 0.1) is 35.5 Å². The van der Waals surface area contributed by atoms with Crippen molar-refractivity contribution in [2.75, 3.05) is 26.4 Å². The highest BCUT2D eigenvalue weighted by atomic mass is 16.6. The summed E-state index contributed by atoms with van der Waals surface area (Å²) in [7, 11) is 0. The first-order valence-electron chi connectivity index (χ1n) is 14.8. The summed E-state index contributed by atoms with van der Waals surface area (Å²) in [5.41, 5.74) is 3.77. The van der Waals surface area contributed by atoms with Gasteiger partial charge in [-0.25, -0.2) is 0 Å². The minimum absolute atomic E-state index is 0.280. The van der Waals surface area contributed by atoms with Gasteiger partial charge in [-0.3, -0.25) is 0 Å². The van der Waals surface area contributed by atoms with Crippen molar-refractivity contribution < 1.29 is 18.9 Å². The molecule has 0 spiro atoms. The first kappa shape index (κ1) is 20.8. The summed E-state index contributed by atoms with van der Waals surface area (Å²) >= 11 is 0. The number of epoxide rings is 2. The Labute approximate surface area is 209 Å². The molecule has 7 unspecified atom stereocenters. The number of hydrogen-bond donors (Lipinski definition) is 0. The SMILES string of the molecule is c1c(OCC2CO2)c(C23CC4CC(C2)C(C4)C3)cc(C23CC4CC[C@@H](CC4C2)C3)c1OCC1CO1. The smallest absolute Gasteiger partial charge is 0.126 e. The van der Waals surface area contributed by atoms with E-state index in [9.17, 15) is 0 Å². The molecule has 2 heterocycles. The number of hydrogen-bond acceptors (Lipinski definition) is 4. The zero-order chi connectivity index (χ0) is 22.8. The largest absolute Gasteiger partial charge is 0.490 e. The third-order valence-electron chi connectivity index (χ3n) is 12.0. The molecule has 1 aromatic rings. The molecule has 7 bridgehead atoms. The van der Waals surface area contributed by atoms with E-state index in [0.717, 1.165) is 60.2 Å². The first-order chi connectivity index (χ1) is 17.1. The van der Waals surface area contributed by atoms with Crippen molar-refractivity contribution in [3.05, 3.63) is 23.3 Å². The lowest BCUT2D eigenvalue weighted by molar-refractivity contribution is 0.160. The van der Waals surface area contributed by atoms with E-state index in [2.05, 4.69) is 12.1 Å². The lowest BCUT2D eigenvalue weighted by Gasteiger charge is -2.43. The molecular formula is C31H40O4. The quantitative estimate of drug-likeness (QED) is 0.446. The maximum atomic E-state index is 6.63. The highest BCUT2D eigenvalue weighted by molar-refractivity contribution is 5.54. The van der Waals surface area contributed by atoms with Crippen LogP contribution in [0.25, 0.3) is 0 Å². The highest BCUT2D eigenvalue weighted by Gasteiger charge is 2.59. The molecule has 10 rings (SSSR count). The summed E-state index contributed by atoms with van der Waals surface area (Å²) in [6.07, 6.45) is 16.3. The molecule has 8 atom stereocenters. The lowest BCUT2D eigenvalue weighted by Crippen LogP contribution is -2.35. The van der Waals surface area contributed by atoms with E-state index in [1.165, 1.54) is 70.6 Å². The molecule has 0 radical (unpaired) electrons. The maximum absolute atomic E-state index is 6.63. The molecule has 7 aliphatic carbocycles. The molecule has 2 aliphatic heterocycles. The maximum Gasteiger partial charge on any atom is 0.126 e. The number of rotatable bonds is 8. The van der Waals surface area contributed by atoms with Crippen molar-refractivity contribution in [2.45, 2.75) is 93.7 Å². The van der Waals surface area contributed by atoms with Gasteiger partial charge in [0.05, 0.1) is 13.2 Å². The summed E-state index contributed by atoms with van der Waals surface area (Å²) in [6, 6.07) is 5.02. The van der Waals surface area contributed by atoms with Crippen molar-refractivity contribution in [2.24, 2.45) is 35.5 Å². The molecule has 0 N–H and O–H groups in total. The van der Waals surface area contributed by atoms with Gasteiger partial charge in [0.15, 0.2) is 0 Å². The van der Waals surface area contributed by atoms with E-state index in [4.69, 9.17) is 18.9 Å². The minimum Gasteiger partial charge on any atom is -0.490 e. The summed E-state index contributed by atoms with van der Waals surface area (Å²) in [4.78, 5) is 0. The highest BCUT2D eigenvalue weighted by Crippen LogP contribution is 2.68. The van der Waals surface area contributed by atoms with Gasteiger partial charge in [-0.2, -0.15) is 0 Å². The van der Waals surface area contributed by atoms with Crippen LogP contribution in [0.15, 0.2) is 12.1 Å². The lowest BCUT2D eigenvalue weighted by atomic mass is 9.62. The van der Waals surface area contributed by atoms with Crippen LogP contribution in [0.2, 0.25) is 0 Å². The van der Waals surface area contributed by atoms with Gasteiger partial charge >= 0.3 is 0 Å². The monoisotopic (exact) mass is 476 g/mol. The van der Waals surface area contributed by atoms with Crippen molar-refractivity contribution >= 4 is 0 Å². The van der Waals surface area contributed by atoms with Crippen LogP contribution in [0.4, 0.5) is 0 Å². The number of fused-ring (bicyclic) bond motifs is 2. The van der Waals surface area contributed by atoms with Gasteiger partial charge in [0.1, 0.15) is 36.9 Å². The second-order valence-electron chi connectivity index (χ2n) is 14.2. The third kappa shape index (κ3) is 3.24. The zero-order valence-electron chi connectivity index (χ0n) is 21.0. The molecule has 35 heavy (non-hydrogen) atoms. The molecule has 9 aliphatic rings. The van der Waals surface area contributed by atoms with Gasteiger partial charge in [0.25, 0.3) is 0 Å². The van der Waals surface area contributed by atoms with Crippen molar-refractivity contribution in [1.29, 1.82) is 0 Å². The third-order valence-corrected chi connectivity index (χ3v) is 12.0. The van der Waals surface area contributed by atoms with Crippen LogP contribution < -0.4 is 9.47 Å². The predicted octanol–water partition coefficient (Wildman–Crippen LogP) is 5.79. The number of ether oxygens (including phenoxy) is 4. The van der Waals surface area contributed by atoms with Crippen molar-refractivity contribution in [1.82, 2.24) is 0 Å². The average molecular weight is 477 g/mol. The molecule has 188 valence electrons. The number of benzene rings is 1. The molecule has 7 saturated carbocycles. The van der Waals surface area contributed by atoms with E-state index >= 15 is 0 Å². The minimum atomic E-state index is 0.280. The molecular weight excluding hydrogens is 436 g/mol. The Hall–Kier alpha value is -1.26. The fourth-order valence-corrected chi connectivity index (χ4v) is 10.7. The van der Waals surface area contributed by atoms with E-state index in [1.807, 2.05) is 0 Å². The molecule has 0 aromatic heterocycles. The Morgan fingerprint density at radius 3 is 1.71 bits per heavy atom. The van der Waals surface area contributed by atoms with Gasteiger partial charge in [0, 0.05) is 17.2 Å². The van der Waals surface area contributed by atoms with Crippen LogP contribution in [0.5, 0.6) is 11.5 Å². The van der Waals surface area contributed by atoms with E-state index in [0.29, 0.717) is 24.0 Å². The molecule has 0 amide bonds. The van der Waals surface area contributed by atoms with Crippen LogP contribution in [0.1, 0.15) is 81.8 Å². The summed E-state index contributed by atoms with van der Waals surface area (Å²) in [5, 5.41) is 0. The van der Waals surface area contributed by atoms with Crippen LogP contribution in [0.3, 0.4) is 0 Å². The molecule has 1 aromatic carbocycles. The summed E-state index contributed by atoms with van der Waals surface area (Å²) in [6.45, 7) is 3.06. The normalized spacial score (nSPS) is 49.6. The fraction of sp³-hybridized carbons (Fsp3) is 0.806. The first-order valence-corrected chi connectivity index (χ1v) is 14.8. The Morgan fingerprint density at radius 1 is 0.629 bits per heavy atom. The molecule has 4 heteroatoms. The Kier molecular flexibility index (Phi) is 4.26. The second-order valence-corrected chi connectivity index (χ2v) is 14.2. The molecule has 9 fully saturated rings. The van der Waals surface area contributed by atoms with Crippen LogP contribution >= 0.6 is 0 Å². The van der Waals surface area contributed by atoms with Gasteiger partial charge < -0.3 is 18.9 Å². The Morgan fingerprint density at radius 2 is 1.14 bits per heavy atom. The van der Waals surface area contributed by atoms with Crippen LogP contribution in [-0.4, -0.2) is 38.6 Å². The standard InChI is InChI=1S/C31H40O4/c1-2-20-10-30(8-18(1)3-21(20)11-30)26-6-27(31-9-19-4-22(12-31)23(5-19)13-31)29(35-17-25-15-33-25)7-28(26)34-16-24-14-32-24/h6-7,18-25H,1-5,8-17H2/t18-,19?,20?,21?,22?,23?,24?,25?,30?,31?/m0/s1. The Bertz CT molecular complexity index is 1020. The van der Waals surface area contributed by atoms with E-state index in [-0.39, 0.29) is 12.2 Å². The second kappa shape index (κ2) is 7.19.